The minimum Gasteiger partial charge on any atom is -0.356 e. The van der Waals surface area contributed by atoms with Gasteiger partial charge in [0.25, 0.3) is 0 Å². The number of likely N-dealkylation sites (tertiary alicyclic amines) is 1. The molecule has 1 aliphatic carbocycles. The second kappa shape index (κ2) is 7.69. The van der Waals surface area contributed by atoms with Crippen molar-refractivity contribution in [1.82, 2.24) is 29.2 Å². The maximum atomic E-state index is 12.5. The molecule has 9 nitrogen and oxygen atoms in total. The Morgan fingerprint density at radius 3 is 2.90 bits per heavy atom. The molecule has 1 aliphatic heterocycles. The highest BCUT2D eigenvalue weighted by Crippen LogP contribution is 2.45. The van der Waals surface area contributed by atoms with Crippen molar-refractivity contribution >= 4 is 51.3 Å². The molecule has 4 heterocycles. The molecule has 3 aromatic rings. The fourth-order valence-corrected chi connectivity index (χ4v) is 5.77. The summed E-state index contributed by atoms with van der Waals surface area (Å²) in [7, 11) is 2.13. The topological polar surface area (TPSA) is 103 Å². The highest BCUT2D eigenvalue weighted by Gasteiger charge is 2.47. The average molecular weight is 445 g/mol. The number of amides is 2. The van der Waals surface area contributed by atoms with Crippen molar-refractivity contribution in [3.63, 3.8) is 0 Å². The van der Waals surface area contributed by atoms with Crippen LogP contribution in [-0.2, 0) is 0 Å². The number of aromatic amines is 1. The fraction of sp³-hybridized carbons (Fsp3) is 0.526. The van der Waals surface area contributed by atoms with E-state index in [2.05, 4.69) is 41.6 Å². The second-order valence-electron chi connectivity index (χ2n) is 8.15. The fourth-order valence-electron chi connectivity index (χ4n) is 4.65. The number of hydrogen-bond donors (Lipinski definition) is 2. The van der Waals surface area contributed by atoms with Gasteiger partial charge in [-0.3, -0.25) is 5.32 Å². The number of nitrogens with one attached hydrogen (secondary N) is 2. The zero-order valence-electron chi connectivity index (χ0n) is 17.0. The van der Waals surface area contributed by atoms with Gasteiger partial charge in [-0.05, 0) is 38.0 Å². The van der Waals surface area contributed by atoms with Gasteiger partial charge in [-0.25, -0.2) is 14.8 Å². The summed E-state index contributed by atoms with van der Waals surface area (Å²) in [6, 6.07) is 2.42. The van der Waals surface area contributed by atoms with Crippen molar-refractivity contribution in [1.29, 1.82) is 0 Å². The number of rotatable bonds is 4. The number of aromatic nitrogens is 5. The Morgan fingerprint density at radius 1 is 1.37 bits per heavy atom. The third-order valence-corrected chi connectivity index (χ3v) is 7.67. The Bertz CT molecular complexity index is 1050. The Balaban J connectivity index is 1.16. The van der Waals surface area contributed by atoms with E-state index in [0.717, 1.165) is 55.6 Å². The smallest absolute Gasteiger partial charge is 0.323 e. The van der Waals surface area contributed by atoms with Crippen molar-refractivity contribution in [2.45, 2.75) is 36.9 Å². The van der Waals surface area contributed by atoms with E-state index in [1.54, 1.807) is 6.33 Å². The number of anilines is 2. The van der Waals surface area contributed by atoms with E-state index in [-0.39, 0.29) is 11.4 Å². The van der Waals surface area contributed by atoms with Crippen LogP contribution in [-0.4, -0.2) is 67.7 Å². The normalized spacial score (nSPS) is 18.5. The number of thioether (sulfide) groups is 1. The second-order valence-corrected chi connectivity index (χ2v) is 9.68. The van der Waals surface area contributed by atoms with E-state index in [1.807, 2.05) is 23.4 Å². The van der Waals surface area contributed by atoms with Crippen molar-refractivity contribution in [3.05, 3.63) is 18.6 Å². The Labute approximate surface area is 182 Å². The molecule has 2 fully saturated rings. The summed E-state index contributed by atoms with van der Waals surface area (Å²) in [5.74, 6) is 0.985. The number of urea groups is 1. The number of H-pyrrole nitrogens is 1. The maximum Gasteiger partial charge on any atom is 0.323 e. The summed E-state index contributed by atoms with van der Waals surface area (Å²) in [5.41, 5.74) is 1.13. The molecule has 2 N–H and O–H groups in total. The zero-order valence-corrected chi connectivity index (χ0v) is 18.6. The molecule has 1 saturated heterocycles. The standard InChI is InChI=1S/C19H24N8OS2/c1-26(15-13-5-8-20-14(13)21-11-22-15)12-3-6-19(7-4-12)9-27(10-19)18(28)24-16-23-17(29-2)25-30-16/h5,8,11-12H,3-4,6-7,9-10H2,1-2H3,(H,20,21,22)(H,23,24,25,28). The molecular weight excluding hydrogens is 420 g/mol. The highest BCUT2D eigenvalue weighted by molar-refractivity contribution is 7.98. The van der Waals surface area contributed by atoms with Crippen LogP contribution in [0.5, 0.6) is 0 Å². The van der Waals surface area contributed by atoms with Crippen LogP contribution >= 0.6 is 23.3 Å². The van der Waals surface area contributed by atoms with Crippen molar-refractivity contribution < 1.29 is 4.79 Å². The van der Waals surface area contributed by atoms with Crippen molar-refractivity contribution in [2.75, 3.05) is 36.6 Å². The predicted molar refractivity (Wildman–Crippen MR) is 119 cm³/mol. The van der Waals surface area contributed by atoms with Crippen LogP contribution in [0, 0.1) is 5.41 Å². The van der Waals surface area contributed by atoms with E-state index in [0.29, 0.717) is 16.3 Å². The third kappa shape index (κ3) is 3.49. The molecule has 0 bridgehead atoms. The van der Waals surface area contributed by atoms with E-state index >= 15 is 0 Å². The van der Waals surface area contributed by atoms with Gasteiger partial charge in [0.15, 0.2) is 0 Å². The van der Waals surface area contributed by atoms with E-state index in [1.165, 1.54) is 23.3 Å². The molecule has 1 saturated carbocycles. The van der Waals surface area contributed by atoms with E-state index in [9.17, 15) is 4.79 Å². The monoisotopic (exact) mass is 444 g/mol. The SMILES string of the molecule is CSc1nsc(NC(=O)N2CC3(CCC(N(C)c4ncnc5[nH]ccc45)CC3)C2)n1. The molecule has 0 radical (unpaired) electrons. The van der Waals surface area contributed by atoms with Crippen LogP contribution in [0.1, 0.15) is 25.7 Å². The quantitative estimate of drug-likeness (QED) is 0.594. The van der Waals surface area contributed by atoms with E-state index < -0.39 is 0 Å². The first-order valence-corrected chi connectivity index (χ1v) is 12.0. The minimum atomic E-state index is -0.0699. The lowest BCUT2D eigenvalue weighted by Gasteiger charge is -2.54. The molecule has 3 aromatic heterocycles. The number of hydrogen-bond acceptors (Lipinski definition) is 8. The van der Waals surface area contributed by atoms with Gasteiger partial charge >= 0.3 is 6.03 Å². The van der Waals surface area contributed by atoms with Crippen molar-refractivity contribution in [3.8, 4) is 0 Å². The molecule has 30 heavy (non-hydrogen) atoms. The van der Waals surface area contributed by atoms with Crippen LogP contribution in [0.2, 0.25) is 0 Å². The number of carbonyl (C=O) groups is 1. The lowest BCUT2D eigenvalue weighted by molar-refractivity contribution is 0.000958. The Kier molecular flexibility index (Phi) is 5.02. The largest absolute Gasteiger partial charge is 0.356 e. The summed E-state index contributed by atoms with van der Waals surface area (Å²) in [5, 5.41) is 5.20. The van der Waals surface area contributed by atoms with Gasteiger partial charge in [-0.2, -0.15) is 9.36 Å². The number of nitrogens with zero attached hydrogens (tertiary/aromatic N) is 6. The summed E-state index contributed by atoms with van der Waals surface area (Å²) < 4.78 is 4.18. The molecule has 2 aliphatic rings. The van der Waals surface area contributed by atoms with E-state index in [4.69, 9.17) is 0 Å². The summed E-state index contributed by atoms with van der Waals surface area (Å²) in [4.78, 5) is 32.9. The molecular formula is C19H24N8OS2. The third-order valence-electron chi connectivity index (χ3n) is 6.37. The van der Waals surface area contributed by atoms with Crippen LogP contribution in [0.25, 0.3) is 11.0 Å². The highest BCUT2D eigenvalue weighted by atomic mass is 32.2. The lowest BCUT2D eigenvalue weighted by atomic mass is 9.67. The molecule has 0 unspecified atom stereocenters. The van der Waals surface area contributed by atoms with Gasteiger partial charge in [0.1, 0.15) is 17.8 Å². The van der Waals surface area contributed by atoms with Gasteiger partial charge in [0.2, 0.25) is 10.3 Å². The van der Waals surface area contributed by atoms with Crippen LogP contribution < -0.4 is 10.2 Å². The molecule has 2 amide bonds. The molecule has 0 atom stereocenters. The summed E-state index contributed by atoms with van der Waals surface area (Å²) >= 11 is 2.70. The lowest BCUT2D eigenvalue weighted by Crippen LogP contribution is -2.61. The maximum absolute atomic E-state index is 12.5. The summed E-state index contributed by atoms with van der Waals surface area (Å²) in [6.45, 7) is 1.64. The average Bonchev–Trinajstić information content (AvgIpc) is 3.40. The van der Waals surface area contributed by atoms with Gasteiger partial charge in [-0.1, -0.05) is 11.8 Å². The molecule has 5 rings (SSSR count). The van der Waals surface area contributed by atoms with Crippen LogP contribution in [0.4, 0.5) is 15.7 Å². The molecule has 0 aromatic carbocycles. The Morgan fingerprint density at radius 2 is 2.17 bits per heavy atom. The summed E-state index contributed by atoms with van der Waals surface area (Å²) in [6.07, 6.45) is 9.92. The zero-order chi connectivity index (χ0) is 20.7. The van der Waals surface area contributed by atoms with Crippen molar-refractivity contribution in [2.24, 2.45) is 5.41 Å². The first kappa shape index (κ1) is 19.6. The van der Waals surface area contributed by atoms with Gasteiger partial charge in [0.05, 0.1) is 5.39 Å². The van der Waals surface area contributed by atoms with Crippen LogP contribution in [0.3, 0.4) is 0 Å². The molecule has 11 heteroatoms. The van der Waals surface area contributed by atoms with Gasteiger partial charge in [-0.15, -0.1) is 0 Å². The minimum absolute atomic E-state index is 0.0699. The van der Waals surface area contributed by atoms with Crippen LogP contribution in [0.15, 0.2) is 23.7 Å². The molecule has 158 valence electrons. The molecule has 1 spiro atoms. The van der Waals surface area contributed by atoms with Gasteiger partial charge < -0.3 is 14.8 Å². The predicted octanol–water partition coefficient (Wildman–Crippen LogP) is 3.44. The van der Waals surface area contributed by atoms with Gasteiger partial charge in [0, 0.05) is 49.3 Å². The first-order valence-electron chi connectivity index (χ1n) is 10.0. The number of carbonyl (C=O) groups excluding carboxylic acids is 1. The number of fused-ring (bicyclic) bond motifs is 1. The Hall–Kier alpha value is -2.40. The first-order chi connectivity index (χ1) is 14.6.